The maximum Gasteiger partial charge on any atom is 0.339 e. The van der Waals surface area contributed by atoms with E-state index in [9.17, 15) is 14.0 Å². The number of nitrogens with zero attached hydrogens (tertiary/aromatic N) is 1. The van der Waals surface area contributed by atoms with Crippen molar-refractivity contribution < 1.29 is 18.7 Å². The molecule has 0 spiro atoms. The molecule has 3 amide bonds. The van der Waals surface area contributed by atoms with Crippen LogP contribution in [0.4, 0.5) is 20.6 Å². The summed E-state index contributed by atoms with van der Waals surface area (Å²) in [4.78, 5) is 23.9. The maximum absolute atomic E-state index is 12.9. The predicted octanol–water partition coefficient (Wildman–Crippen LogP) is 5.72. The van der Waals surface area contributed by atoms with Crippen LogP contribution in [0.3, 0.4) is 0 Å². The zero-order chi connectivity index (χ0) is 23.8. The number of hydrogen-bond acceptors (Lipinski definition) is 4. The molecule has 0 aromatic heterocycles. The second kappa shape index (κ2) is 11.4. The van der Waals surface area contributed by atoms with Crippen LogP contribution in [-0.4, -0.2) is 24.8 Å². The average Bonchev–Trinajstić information content (AvgIpc) is 2.77. The van der Waals surface area contributed by atoms with Crippen LogP contribution in [0.5, 0.6) is 5.75 Å². The lowest BCUT2D eigenvalue weighted by Crippen LogP contribution is -2.24. The number of carbonyl (C=O) groups excluding carboxylic acids is 2. The van der Waals surface area contributed by atoms with Gasteiger partial charge in [-0.3, -0.25) is 4.79 Å². The third-order valence-electron chi connectivity index (χ3n) is 4.24. The SMILES string of the molecule is Cc1cc(NC(=O)N/N=C/c2ccc(OCC(=O)Nc3ccc(F)cc3)c(Cl)c2)ccc1Br. The molecule has 3 aromatic rings. The maximum atomic E-state index is 12.9. The van der Waals surface area contributed by atoms with Crippen LogP contribution in [0, 0.1) is 12.7 Å². The van der Waals surface area contributed by atoms with Crippen LogP contribution in [0.1, 0.15) is 11.1 Å². The number of rotatable bonds is 7. The summed E-state index contributed by atoms with van der Waals surface area (Å²) in [5, 5.41) is 9.42. The normalized spacial score (nSPS) is 10.7. The minimum absolute atomic E-state index is 0.267. The first-order chi connectivity index (χ1) is 15.8. The van der Waals surface area contributed by atoms with Gasteiger partial charge < -0.3 is 15.4 Å². The quantitative estimate of drug-likeness (QED) is 0.268. The first-order valence-electron chi connectivity index (χ1n) is 9.64. The van der Waals surface area contributed by atoms with E-state index >= 15 is 0 Å². The number of hydrogen-bond donors (Lipinski definition) is 3. The molecule has 33 heavy (non-hydrogen) atoms. The third-order valence-corrected chi connectivity index (χ3v) is 5.42. The molecule has 0 radical (unpaired) electrons. The Bertz CT molecular complexity index is 1190. The molecule has 0 unspecified atom stereocenters. The predicted molar refractivity (Wildman–Crippen MR) is 131 cm³/mol. The molecule has 0 atom stereocenters. The summed E-state index contributed by atoms with van der Waals surface area (Å²) in [7, 11) is 0. The van der Waals surface area contributed by atoms with Crippen molar-refractivity contribution >= 4 is 57.1 Å². The van der Waals surface area contributed by atoms with Crippen molar-refractivity contribution in [2.75, 3.05) is 17.2 Å². The number of ether oxygens (including phenoxy) is 1. The molecule has 0 bridgehead atoms. The molecule has 0 aliphatic rings. The van der Waals surface area contributed by atoms with Crippen LogP contribution in [0.15, 0.2) is 70.2 Å². The summed E-state index contributed by atoms with van der Waals surface area (Å²) in [6, 6.07) is 15.1. The van der Waals surface area contributed by atoms with Crippen LogP contribution in [-0.2, 0) is 4.79 Å². The second-order valence-electron chi connectivity index (χ2n) is 6.82. The van der Waals surface area contributed by atoms with Gasteiger partial charge in [0.1, 0.15) is 11.6 Å². The molecule has 0 saturated carbocycles. The molecule has 3 N–H and O–H groups in total. The average molecular weight is 534 g/mol. The summed E-state index contributed by atoms with van der Waals surface area (Å²) < 4.78 is 19.3. The van der Waals surface area contributed by atoms with Gasteiger partial charge in [0, 0.05) is 15.8 Å². The lowest BCUT2D eigenvalue weighted by Gasteiger charge is -2.09. The van der Waals surface area contributed by atoms with Crippen LogP contribution in [0.2, 0.25) is 5.02 Å². The fourth-order valence-electron chi connectivity index (χ4n) is 2.63. The number of halogens is 3. The Balaban J connectivity index is 1.48. The van der Waals surface area contributed by atoms with Crippen LogP contribution < -0.4 is 20.8 Å². The molecule has 0 aliphatic carbocycles. The van der Waals surface area contributed by atoms with Gasteiger partial charge in [-0.15, -0.1) is 0 Å². The van der Waals surface area contributed by atoms with E-state index in [4.69, 9.17) is 16.3 Å². The number of benzene rings is 3. The van der Waals surface area contributed by atoms with Gasteiger partial charge in [0.25, 0.3) is 5.91 Å². The number of aryl methyl sites for hydroxylation is 1. The monoisotopic (exact) mass is 532 g/mol. The van der Waals surface area contributed by atoms with Gasteiger partial charge in [-0.25, -0.2) is 14.6 Å². The molecule has 0 fully saturated rings. The Morgan fingerprint density at radius 1 is 1.06 bits per heavy atom. The molecule has 0 saturated heterocycles. The Labute approximate surface area is 203 Å². The van der Waals surface area contributed by atoms with Gasteiger partial charge in [-0.05, 0) is 78.7 Å². The Morgan fingerprint density at radius 3 is 2.48 bits per heavy atom. The standard InChI is InChI=1S/C23H19BrClFN4O3/c1-14-10-18(7-8-19(14)24)29-23(32)30-27-12-15-2-9-21(20(25)11-15)33-13-22(31)28-17-5-3-16(26)4-6-17/h2-12H,13H2,1H3,(H,28,31)(H2,29,30,32)/b27-12+. The highest BCUT2D eigenvalue weighted by molar-refractivity contribution is 9.10. The highest BCUT2D eigenvalue weighted by Gasteiger charge is 2.08. The minimum atomic E-state index is -0.494. The smallest absolute Gasteiger partial charge is 0.339 e. The molecule has 170 valence electrons. The van der Waals surface area contributed by atoms with E-state index in [2.05, 4.69) is 37.1 Å². The van der Waals surface area contributed by atoms with Crippen molar-refractivity contribution in [3.63, 3.8) is 0 Å². The second-order valence-corrected chi connectivity index (χ2v) is 8.08. The number of urea groups is 1. The molecule has 7 nitrogen and oxygen atoms in total. The van der Waals surface area contributed by atoms with Gasteiger partial charge in [0.15, 0.2) is 6.61 Å². The van der Waals surface area contributed by atoms with Gasteiger partial charge in [0.2, 0.25) is 0 Å². The fourth-order valence-corrected chi connectivity index (χ4v) is 3.13. The number of anilines is 2. The number of nitrogens with one attached hydrogen (secondary N) is 3. The van der Waals surface area contributed by atoms with Gasteiger partial charge in [-0.1, -0.05) is 27.5 Å². The highest BCUT2D eigenvalue weighted by atomic mass is 79.9. The summed E-state index contributed by atoms with van der Waals surface area (Å²) in [5.41, 5.74) is 5.06. The van der Waals surface area contributed by atoms with E-state index in [0.29, 0.717) is 22.7 Å². The molecule has 3 aromatic carbocycles. The first kappa shape index (κ1) is 24.2. The van der Waals surface area contributed by atoms with Gasteiger partial charge >= 0.3 is 6.03 Å². The number of hydrazone groups is 1. The van der Waals surface area contributed by atoms with Crippen molar-refractivity contribution in [2.24, 2.45) is 5.10 Å². The van der Waals surface area contributed by atoms with Gasteiger partial charge in [0.05, 0.1) is 11.2 Å². The van der Waals surface area contributed by atoms with Crippen molar-refractivity contribution in [3.8, 4) is 5.75 Å². The summed E-state index contributed by atoms with van der Waals surface area (Å²) >= 11 is 9.61. The minimum Gasteiger partial charge on any atom is -0.482 e. The molecular formula is C23H19BrClFN4O3. The zero-order valence-corrected chi connectivity index (χ0v) is 19.7. The number of amides is 3. The topological polar surface area (TPSA) is 91.8 Å². The summed E-state index contributed by atoms with van der Waals surface area (Å²) in [5.74, 6) is -0.506. The van der Waals surface area contributed by atoms with E-state index < -0.39 is 17.8 Å². The molecule has 0 heterocycles. The highest BCUT2D eigenvalue weighted by Crippen LogP contribution is 2.25. The van der Waals surface area contributed by atoms with Gasteiger partial charge in [-0.2, -0.15) is 5.10 Å². The first-order valence-corrected chi connectivity index (χ1v) is 10.8. The molecule has 3 rings (SSSR count). The van der Waals surface area contributed by atoms with E-state index in [1.54, 1.807) is 24.3 Å². The Morgan fingerprint density at radius 2 is 1.79 bits per heavy atom. The lowest BCUT2D eigenvalue weighted by molar-refractivity contribution is -0.118. The largest absolute Gasteiger partial charge is 0.482 e. The van der Waals surface area contributed by atoms with E-state index in [0.717, 1.165) is 10.0 Å². The fraction of sp³-hybridized carbons (Fsp3) is 0.0870. The summed E-state index contributed by atoms with van der Waals surface area (Å²) in [6.45, 7) is 1.64. The zero-order valence-electron chi connectivity index (χ0n) is 17.4. The van der Waals surface area contributed by atoms with Crippen molar-refractivity contribution in [3.05, 3.63) is 87.1 Å². The van der Waals surface area contributed by atoms with E-state index in [-0.39, 0.29) is 11.6 Å². The van der Waals surface area contributed by atoms with Crippen molar-refractivity contribution in [2.45, 2.75) is 6.92 Å². The third kappa shape index (κ3) is 7.58. The Kier molecular flexibility index (Phi) is 8.39. The molecular weight excluding hydrogens is 515 g/mol. The lowest BCUT2D eigenvalue weighted by atomic mass is 10.2. The van der Waals surface area contributed by atoms with Crippen LogP contribution in [0.25, 0.3) is 0 Å². The molecule has 10 heteroatoms. The summed E-state index contributed by atoms with van der Waals surface area (Å²) in [6.07, 6.45) is 1.42. The number of carbonyl (C=O) groups is 2. The molecule has 0 aliphatic heterocycles. The van der Waals surface area contributed by atoms with E-state index in [1.165, 1.54) is 30.5 Å². The van der Waals surface area contributed by atoms with E-state index in [1.807, 2.05) is 19.1 Å². The van der Waals surface area contributed by atoms with Crippen molar-refractivity contribution in [1.29, 1.82) is 0 Å². The Hall–Kier alpha value is -3.43. The van der Waals surface area contributed by atoms with Crippen LogP contribution >= 0.6 is 27.5 Å². The van der Waals surface area contributed by atoms with Crippen molar-refractivity contribution in [1.82, 2.24) is 5.43 Å².